The van der Waals surface area contributed by atoms with Crippen LogP contribution >= 0.6 is 34.8 Å². The predicted octanol–water partition coefficient (Wildman–Crippen LogP) is 5.16. The average Bonchev–Trinajstić information content (AvgIpc) is 2.26. The van der Waals surface area contributed by atoms with Crippen molar-refractivity contribution in [3.63, 3.8) is 0 Å². The Morgan fingerprint density at radius 2 is 1.53 bits per heavy atom. The number of rotatable bonds is 2. The lowest BCUT2D eigenvalue weighted by Crippen LogP contribution is -2.06. The molecule has 0 atom stereocenters. The van der Waals surface area contributed by atoms with Gasteiger partial charge in [-0.25, -0.2) is 8.78 Å². The molecule has 0 N–H and O–H groups in total. The van der Waals surface area contributed by atoms with Gasteiger partial charge in [0.1, 0.15) is 11.6 Å². The number of ketones is 1. The largest absolute Gasteiger partial charge is 0.288 e. The Morgan fingerprint density at radius 1 is 0.947 bits per heavy atom. The van der Waals surface area contributed by atoms with Crippen LogP contribution in [0, 0.1) is 11.6 Å². The molecule has 0 amide bonds. The Morgan fingerprint density at radius 3 is 2.05 bits per heavy atom. The van der Waals surface area contributed by atoms with Gasteiger partial charge in [-0.3, -0.25) is 4.79 Å². The number of halogens is 5. The Labute approximate surface area is 122 Å². The molecule has 0 fully saturated rings. The van der Waals surface area contributed by atoms with Gasteiger partial charge in [-0.2, -0.15) is 0 Å². The van der Waals surface area contributed by atoms with Gasteiger partial charge in [0, 0.05) is 11.1 Å². The zero-order valence-electron chi connectivity index (χ0n) is 9.18. The third-order valence-electron chi connectivity index (χ3n) is 2.41. The van der Waals surface area contributed by atoms with Gasteiger partial charge in [0.05, 0.1) is 21.2 Å². The Hall–Kier alpha value is -1.16. The minimum atomic E-state index is -0.980. The first-order chi connectivity index (χ1) is 8.90. The molecule has 2 aromatic rings. The molecule has 0 bridgehead atoms. The first-order valence-electron chi connectivity index (χ1n) is 5.04. The zero-order valence-corrected chi connectivity index (χ0v) is 11.5. The van der Waals surface area contributed by atoms with Gasteiger partial charge in [0.2, 0.25) is 0 Å². The van der Waals surface area contributed by atoms with Gasteiger partial charge >= 0.3 is 0 Å². The second-order valence-electron chi connectivity index (χ2n) is 3.70. The molecule has 0 saturated carbocycles. The van der Waals surface area contributed by atoms with Crippen LogP contribution in [0.4, 0.5) is 8.78 Å². The number of hydrogen-bond acceptors (Lipinski definition) is 1. The highest BCUT2D eigenvalue weighted by Gasteiger charge is 2.20. The van der Waals surface area contributed by atoms with Crippen molar-refractivity contribution in [3.8, 4) is 0 Å². The quantitative estimate of drug-likeness (QED) is 0.699. The maximum atomic E-state index is 13.6. The molecule has 19 heavy (non-hydrogen) atoms. The van der Waals surface area contributed by atoms with Crippen molar-refractivity contribution in [3.05, 3.63) is 68.2 Å². The van der Waals surface area contributed by atoms with E-state index in [0.717, 1.165) is 12.1 Å². The monoisotopic (exact) mass is 320 g/mol. The number of benzene rings is 2. The van der Waals surface area contributed by atoms with Crippen LogP contribution in [0.25, 0.3) is 0 Å². The molecule has 0 aliphatic carbocycles. The van der Waals surface area contributed by atoms with E-state index in [1.807, 2.05) is 0 Å². The van der Waals surface area contributed by atoms with E-state index in [1.165, 1.54) is 12.1 Å². The lowest BCUT2D eigenvalue weighted by Gasteiger charge is -2.07. The molecule has 0 aromatic heterocycles. The maximum absolute atomic E-state index is 13.6. The molecule has 0 saturated heterocycles. The average molecular weight is 322 g/mol. The van der Waals surface area contributed by atoms with E-state index in [4.69, 9.17) is 34.8 Å². The standard InChI is InChI=1S/C13H5Cl3F2O/c14-6-3-9(15)12(10(16)4-6)13(19)8-2-1-7(17)5-11(8)18/h1-5H. The highest BCUT2D eigenvalue weighted by atomic mass is 35.5. The van der Waals surface area contributed by atoms with Crippen LogP contribution in [-0.2, 0) is 0 Å². The van der Waals surface area contributed by atoms with Crippen molar-refractivity contribution < 1.29 is 13.6 Å². The van der Waals surface area contributed by atoms with Crippen LogP contribution < -0.4 is 0 Å². The number of carbonyl (C=O) groups is 1. The molecular weight excluding hydrogens is 316 g/mol. The summed E-state index contributed by atoms with van der Waals surface area (Å²) >= 11 is 17.5. The fraction of sp³-hybridized carbons (Fsp3) is 0. The summed E-state index contributed by atoms with van der Waals surface area (Å²) in [6.45, 7) is 0. The smallest absolute Gasteiger partial charge is 0.198 e. The van der Waals surface area contributed by atoms with Crippen molar-refractivity contribution in [2.24, 2.45) is 0 Å². The van der Waals surface area contributed by atoms with Crippen molar-refractivity contribution in [2.75, 3.05) is 0 Å². The van der Waals surface area contributed by atoms with Crippen molar-refractivity contribution in [1.82, 2.24) is 0 Å². The minimum Gasteiger partial charge on any atom is -0.288 e. The highest BCUT2D eigenvalue weighted by molar-refractivity contribution is 6.43. The van der Waals surface area contributed by atoms with E-state index in [0.29, 0.717) is 6.07 Å². The molecule has 98 valence electrons. The van der Waals surface area contributed by atoms with Gasteiger partial charge in [0.15, 0.2) is 5.78 Å². The summed E-state index contributed by atoms with van der Waals surface area (Å²) in [4.78, 5) is 12.2. The van der Waals surface area contributed by atoms with E-state index in [1.54, 1.807) is 0 Å². The van der Waals surface area contributed by atoms with E-state index in [2.05, 4.69) is 0 Å². The summed E-state index contributed by atoms with van der Waals surface area (Å²) in [5, 5.41) is 0.267. The molecule has 0 unspecified atom stereocenters. The van der Waals surface area contributed by atoms with Crippen LogP contribution in [0.3, 0.4) is 0 Å². The Balaban J connectivity index is 2.56. The second-order valence-corrected chi connectivity index (χ2v) is 4.95. The molecule has 6 heteroatoms. The van der Waals surface area contributed by atoms with Gasteiger partial charge in [-0.1, -0.05) is 34.8 Å². The van der Waals surface area contributed by atoms with Crippen molar-refractivity contribution >= 4 is 40.6 Å². The molecule has 2 aromatic carbocycles. The summed E-state index contributed by atoms with van der Waals surface area (Å²) in [5.74, 6) is -2.49. The minimum absolute atomic E-state index is 0.00576. The van der Waals surface area contributed by atoms with E-state index < -0.39 is 17.4 Å². The first kappa shape index (κ1) is 14.3. The number of carbonyl (C=O) groups excluding carboxylic acids is 1. The van der Waals surface area contributed by atoms with Crippen LogP contribution in [0.5, 0.6) is 0 Å². The van der Waals surface area contributed by atoms with E-state index in [9.17, 15) is 13.6 Å². The molecule has 0 spiro atoms. The summed E-state index contributed by atoms with van der Waals surface area (Å²) in [5.41, 5.74) is -0.384. The zero-order chi connectivity index (χ0) is 14.2. The molecule has 0 heterocycles. The fourth-order valence-corrected chi connectivity index (χ4v) is 2.56. The number of hydrogen-bond donors (Lipinski definition) is 0. The normalized spacial score (nSPS) is 10.6. The molecule has 0 aliphatic rings. The molecule has 0 aliphatic heterocycles. The van der Waals surface area contributed by atoms with Gasteiger partial charge in [-0.15, -0.1) is 0 Å². The van der Waals surface area contributed by atoms with Crippen LogP contribution in [0.2, 0.25) is 15.1 Å². The van der Waals surface area contributed by atoms with Gasteiger partial charge < -0.3 is 0 Å². The van der Waals surface area contributed by atoms with Crippen LogP contribution in [0.15, 0.2) is 30.3 Å². The Kier molecular flexibility index (Phi) is 4.09. The highest BCUT2D eigenvalue weighted by Crippen LogP contribution is 2.31. The third-order valence-corrected chi connectivity index (χ3v) is 3.22. The third kappa shape index (κ3) is 2.89. The topological polar surface area (TPSA) is 17.1 Å². The predicted molar refractivity (Wildman–Crippen MR) is 71.3 cm³/mol. The van der Waals surface area contributed by atoms with Crippen LogP contribution in [0.1, 0.15) is 15.9 Å². The molecule has 1 nitrogen and oxygen atoms in total. The van der Waals surface area contributed by atoms with E-state index in [-0.39, 0.29) is 26.2 Å². The molecule has 0 radical (unpaired) electrons. The molecule has 2 rings (SSSR count). The summed E-state index contributed by atoms with van der Waals surface area (Å²) < 4.78 is 26.4. The second kappa shape index (κ2) is 5.45. The lowest BCUT2D eigenvalue weighted by molar-refractivity contribution is 0.103. The lowest BCUT2D eigenvalue weighted by atomic mass is 10.0. The SMILES string of the molecule is O=C(c1ccc(F)cc1F)c1c(Cl)cc(Cl)cc1Cl. The summed E-state index contributed by atoms with van der Waals surface area (Å²) in [6, 6.07) is 5.28. The Bertz CT molecular complexity index is 648. The summed E-state index contributed by atoms with van der Waals surface area (Å²) in [6.07, 6.45) is 0. The summed E-state index contributed by atoms with van der Waals surface area (Å²) in [7, 11) is 0. The van der Waals surface area contributed by atoms with Crippen molar-refractivity contribution in [1.29, 1.82) is 0 Å². The molecular formula is C13H5Cl3F2O. The maximum Gasteiger partial charge on any atom is 0.198 e. The van der Waals surface area contributed by atoms with Gasteiger partial charge in [0.25, 0.3) is 0 Å². The van der Waals surface area contributed by atoms with Crippen molar-refractivity contribution in [2.45, 2.75) is 0 Å². The van der Waals surface area contributed by atoms with Gasteiger partial charge in [-0.05, 0) is 24.3 Å². The first-order valence-corrected chi connectivity index (χ1v) is 6.18. The van der Waals surface area contributed by atoms with Crippen LogP contribution in [-0.4, -0.2) is 5.78 Å². The van der Waals surface area contributed by atoms with E-state index >= 15 is 0 Å². The fourth-order valence-electron chi connectivity index (χ4n) is 1.57.